The van der Waals surface area contributed by atoms with E-state index in [9.17, 15) is 23.9 Å². The number of rotatable bonds is 10. The molecule has 9 nitrogen and oxygen atoms in total. The minimum absolute atomic E-state index is 0.127. The Bertz CT molecular complexity index is 1370. The number of nitrogen functional groups attached to an aromatic ring is 1. The lowest BCUT2D eigenvalue weighted by atomic mass is 10.1. The number of pyridine rings is 1. The molecule has 186 valence electrons. The second-order valence-corrected chi connectivity index (χ2v) is 8.28. The third kappa shape index (κ3) is 6.20. The molecule has 2 aromatic carbocycles. The molecular formula is C25H22ClFN4O5. The molecule has 3 aromatic rings. The van der Waals surface area contributed by atoms with Gasteiger partial charge in [-0.15, -0.1) is 6.42 Å². The van der Waals surface area contributed by atoms with Crippen molar-refractivity contribution in [2.24, 2.45) is 0 Å². The molecule has 0 saturated carbocycles. The van der Waals surface area contributed by atoms with Gasteiger partial charge in [-0.2, -0.15) is 0 Å². The van der Waals surface area contributed by atoms with Gasteiger partial charge in [0, 0.05) is 24.0 Å². The smallest absolute Gasteiger partial charge is 0.326 e. The number of fused-ring (bicyclic) bond motifs is 1. The number of anilines is 2. The molecule has 36 heavy (non-hydrogen) atoms. The zero-order chi connectivity index (χ0) is 26.4. The van der Waals surface area contributed by atoms with Crippen molar-refractivity contribution in [3.8, 4) is 12.3 Å². The quantitative estimate of drug-likeness (QED) is 0.303. The van der Waals surface area contributed by atoms with Crippen LogP contribution in [-0.4, -0.2) is 45.6 Å². The van der Waals surface area contributed by atoms with E-state index in [1.165, 1.54) is 18.3 Å². The number of carboxylic acids is 2. The first-order valence-electron chi connectivity index (χ1n) is 10.7. The van der Waals surface area contributed by atoms with E-state index in [2.05, 4.69) is 16.2 Å². The molecular weight excluding hydrogens is 491 g/mol. The van der Waals surface area contributed by atoms with Crippen LogP contribution in [0, 0.1) is 18.2 Å². The molecule has 0 unspecified atom stereocenters. The molecule has 1 amide bonds. The largest absolute Gasteiger partial charge is 0.481 e. The van der Waals surface area contributed by atoms with Gasteiger partial charge in [0.2, 0.25) is 0 Å². The van der Waals surface area contributed by atoms with Crippen molar-refractivity contribution < 1.29 is 29.0 Å². The minimum atomic E-state index is -1.48. The van der Waals surface area contributed by atoms with Gasteiger partial charge >= 0.3 is 11.9 Å². The number of carbonyl (C=O) groups excluding carboxylic acids is 1. The summed E-state index contributed by atoms with van der Waals surface area (Å²) in [7, 11) is 0. The number of terminal acetylenes is 1. The van der Waals surface area contributed by atoms with Crippen molar-refractivity contribution in [2.75, 3.05) is 17.2 Å². The van der Waals surface area contributed by atoms with Crippen LogP contribution in [0.2, 0.25) is 5.02 Å². The minimum Gasteiger partial charge on any atom is -0.481 e. The molecule has 0 bridgehead atoms. The van der Waals surface area contributed by atoms with Gasteiger partial charge in [0.25, 0.3) is 5.91 Å². The van der Waals surface area contributed by atoms with Crippen LogP contribution in [0.15, 0.2) is 42.6 Å². The highest BCUT2D eigenvalue weighted by molar-refractivity contribution is 6.37. The molecule has 0 aliphatic rings. The Balaban J connectivity index is 1.82. The maximum Gasteiger partial charge on any atom is 0.326 e. The molecule has 0 radical (unpaired) electrons. The van der Waals surface area contributed by atoms with E-state index in [0.29, 0.717) is 27.3 Å². The standard InChI is InChI=1S/C25H22ClFN4O5/c1-2-9-31(13-14-3-6-20-17(10-14)23(26)19(28)12-29-20)15-4-5-16(18(27)11-15)24(34)30-21(25(35)36)7-8-22(32)33/h1,3-6,10-12,21H,7-9,13,28H2,(H,30,34)(H,32,33)(H,35,36)/t21-/m0/s1. The molecule has 0 fully saturated rings. The summed E-state index contributed by atoms with van der Waals surface area (Å²) in [6.45, 7) is 0.411. The Kier molecular flexibility index (Phi) is 8.30. The van der Waals surface area contributed by atoms with Crippen molar-refractivity contribution in [3.05, 3.63) is 64.6 Å². The van der Waals surface area contributed by atoms with E-state index in [-0.39, 0.29) is 25.1 Å². The van der Waals surface area contributed by atoms with Crippen molar-refractivity contribution in [3.63, 3.8) is 0 Å². The summed E-state index contributed by atoms with van der Waals surface area (Å²) in [5.74, 6) is -1.99. The number of nitrogens with one attached hydrogen (secondary N) is 1. The van der Waals surface area contributed by atoms with Gasteiger partial charge in [-0.05, 0) is 42.3 Å². The average molecular weight is 513 g/mol. The number of carboxylic acid groups (broad SMARTS) is 2. The van der Waals surface area contributed by atoms with E-state index in [1.807, 2.05) is 12.1 Å². The molecule has 1 atom stereocenters. The first-order valence-corrected chi connectivity index (χ1v) is 11.0. The Morgan fingerprint density at radius 1 is 1.22 bits per heavy atom. The van der Waals surface area contributed by atoms with Crippen molar-refractivity contribution >= 4 is 51.7 Å². The van der Waals surface area contributed by atoms with Crippen LogP contribution in [0.25, 0.3) is 10.9 Å². The highest BCUT2D eigenvalue weighted by atomic mass is 35.5. The lowest BCUT2D eigenvalue weighted by Crippen LogP contribution is -2.41. The summed E-state index contributed by atoms with van der Waals surface area (Å²) in [6, 6.07) is 7.75. The van der Waals surface area contributed by atoms with Crippen LogP contribution >= 0.6 is 11.6 Å². The Morgan fingerprint density at radius 2 is 1.97 bits per heavy atom. The van der Waals surface area contributed by atoms with Gasteiger partial charge < -0.3 is 26.2 Å². The Morgan fingerprint density at radius 3 is 2.61 bits per heavy atom. The molecule has 11 heteroatoms. The van der Waals surface area contributed by atoms with E-state index in [0.717, 1.165) is 11.6 Å². The topological polar surface area (TPSA) is 146 Å². The fourth-order valence-electron chi connectivity index (χ4n) is 3.54. The summed E-state index contributed by atoms with van der Waals surface area (Å²) >= 11 is 6.31. The fourth-order valence-corrected chi connectivity index (χ4v) is 3.74. The predicted octanol–water partition coefficient (Wildman–Crippen LogP) is 3.30. The number of hydrogen-bond acceptors (Lipinski definition) is 6. The average Bonchev–Trinajstić information content (AvgIpc) is 2.83. The predicted molar refractivity (Wildman–Crippen MR) is 133 cm³/mol. The number of hydrogen-bond donors (Lipinski definition) is 4. The van der Waals surface area contributed by atoms with Crippen LogP contribution in [0.5, 0.6) is 0 Å². The van der Waals surface area contributed by atoms with E-state index in [1.54, 1.807) is 11.0 Å². The number of carbonyl (C=O) groups is 3. The van der Waals surface area contributed by atoms with Crippen LogP contribution in [0.1, 0.15) is 28.8 Å². The Labute approximate surface area is 210 Å². The van der Waals surface area contributed by atoms with Crippen molar-refractivity contribution in [1.82, 2.24) is 10.3 Å². The van der Waals surface area contributed by atoms with E-state index in [4.69, 9.17) is 28.9 Å². The number of aromatic nitrogens is 1. The van der Waals surface area contributed by atoms with Gasteiger partial charge in [0.1, 0.15) is 11.9 Å². The maximum atomic E-state index is 14.9. The number of nitrogens with two attached hydrogens (primary N) is 1. The number of halogens is 2. The zero-order valence-corrected chi connectivity index (χ0v) is 19.6. The lowest BCUT2D eigenvalue weighted by molar-refractivity contribution is -0.140. The number of benzene rings is 2. The molecule has 1 heterocycles. The first-order chi connectivity index (χ1) is 17.1. The second kappa shape index (κ2) is 11.4. The number of amides is 1. The summed E-state index contributed by atoms with van der Waals surface area (Å²) in [5, 5.41) is 21.1. The normalized spacial score (nSPS) is 11.5. The summed E-state index contributed by atoms with van der Waals surface area (Å²) in [4.78, 5) is 40.5. The third-order valence-corrected chi connectivity index (χ3v) is 5.78. The first kappa shape index (κ1) is 26.2. The van der Waals surface area contributed by atoms with Crippen molar-refractivity contribution in [1.29, 1.82) is 0 Å². The number of aliphatic carboxylic acids is 2. The molecule has 0 spiro atoms. The highest BCUT2D eigenvalue weighted by Crippen LogP contribution is 2.29. The Hall–Kier alpha value is -4.36. The summed E-state index contributed by atoms with van der Waals surface area (Å²) < 4.78 is 14.9. The third-order valence-electron chi connectivity index (χ3n) is 5.36. The summed E-state index contributed by atoms with van der Waals surface area (Å²) in [5.41, 5.74) is 7.64. The van der Waals surface area contributed by atoms with Gasteiger partial charge in [0.05, 0.1) is 34.5 Å². The monoisotopic (exact) mass is 512 g/mol. The van der Waals surface area contributed by atoms with E-state index >= 15 is 0 Å². The fraction of sp³-hybridized carbons (Fsp3) is 0.200. The van der Waals surface area contributed by atoms with Crippen LogP contribution in [0.4, 0.5) is 15.8 Å². The SMILES string of the molecule is C#CCN(Cc1ccc2ncc(N)c(Cl)c2c1)c1ccc(C(=O)N[C@@H](CCC(=O)O)C(=O)O)c(F)c1. The van der Waals surface area contributed by atoms with Crippen LogP contribution < -0.4 is 16.0 Å². The molecule has 0 aliphatic carbocycles. The van der Waals surface area contributed by atoms with Gasteiger partial charge in [-0.1, -0.05) is 23.6 Å². The lowest BCUT2D eigenvalue weighted by Gasteiger charge is -2.23. The maximum absolute atomic E-state index is 14.9. The molecule has 1 aromatic heterocycles. The second-order valence-electron chi connectivity index (χ2n) is 7.90. The molecule has 5 N–H and O–H groups in total. The zero-order valence-electron chi connectivity index (χ0n) is 18.9. The summed E-state index contributed by atoms with van der Waals surface area (Å²) in [6.07, 6.45) is 6.17. The number of nitrogens with zero attached hydrogens (tertiary/aromatic N) is 2. The van der Waals surface area contributed by atoms with Gasteiger partial charge in [-0.25, -0.2) is 9.18 Å². The molecule has 0 aliphatic heterocycles. The van der Waals surface area contributed by atoms with Gasteiger partial charge in [-0.3, -0.25) is 14.6 Å². The van der Waals surface area contributed by atoms with Gasteiger partial charge in [0.15, 0.2) is 0 Å². The van der Waals surface area contributed by atoms with Crippen LogP contribution in [-0.2, 0) is 16.1 Å². The van der Waals surface area contributed by atoms with Crippen molar-refractivity contribution in [2.45, 2.75) is 25.4 Å². The highest BCUT2D eigenvalue weighted by Gasteiger charge is 2.23. The molecule has 0 saturated heterocycles. The molecule has 3 rings (SSSR count). The van der Waals surface area contributed by atoms with E-state index < -0.39 is 36.1 Å². The van der Waals surface area contributed by atoms with Crippen LogP contribution in [0.3, 0.4) is 0 Å².